The predicted octanol–water partition coefficient (Wildman–Crippen LogP) is 3.70. The van der Waals surface area contributed by atoms with E-state index in [0.717, 1.165) is 6.42 Å². The number of piperidine rings is 1. The van der Waals surface area contributed by atoms with E-state index in [2.05, 4.69) is 10.5 Å². The van der Waals surface area contributed by atoms with Crippen molar-refractivity contribution in [1.82, 2.24) is 15.4 Å². The molecule has 0 bridgehead atoms. The molecule has 2 amide bonds. The van der Waals surface area contributed by atoms with Crippen LogP contribution in [-0.4, -0.2) is 47.2 Å². The van der Waals surface area contributed by atoms with Crippen LogP contribution >= 0.6 is 0 Å². The third-order valence-corrected chi connectivity index (χ3v) is 7.05. The molecule has 1 saturated carbocycles. The minimum absolute atomic E-state index is 0.0986. The summed E-state index contributed by atoms with van der Waals surface area (Å²) in [5, 5.41) is 6.46. The van der Waals surface area contributed by atoms with Crippen molar-refractivity contribution in [3.63, 3.8) is 0 Å². The zero-order chi connectivity index (χ0) is 25.2. The smallest absolute Gasteiger partial charge is 0.381 e. The van der Waals surface area contributed by atoms with Gasteiger partial charge in [-0.2, -0.15) is 13.2 Å². The zero-order valence-electron chi connectivity index (χ0n) is 18.8. The highest BCUT2D eigenvalue weighted by molar-refractivity contribution is 6.00. The Hall–Kier alpha value is -3.02. The van der Waals surface area contributed by atoms with Gasteiger partial charge < -0.3 is 19.5 Å². The number of hydrogen-bond acceptors (Lipinski definition) is 5. The van der Waals surface area contributed by atoms with Crippen LogP contribution in [0.1, 0.15) is 51.8 Å². The molecule has 2 saturated heterocycles. The molecule has 3 fully saturated rings. The number of nitrogens with zero attached hydrogens (tertiary/aromatic N) is 2. The number of halogens is 5. The first-order chi connectivity index (χ1) is 16.5. The van der Waals surface area contributed by atoms with Gasteiger partial charge in [0.05, 0.1) is 30.5 Å². The zero-order valence-corrected chi connectivity index (χ0v) is 18.8. The summed E-state index contributed by atoms with van der Waals surface area (Å²) < 4.78 is 78.2. The molecule has 0 spiro atoms. The number of alkyl halides is 3. The Labute approximate surface area is 196 Å². The number of carbonyl (C=O) groups is 2. The van der Waals surface area contributed by atoms with Gasteiger partial charge in [-0.05, 0) is 44.7 Å². The number of likely N-dealkylation sites (tertiary alicyclic amines) is 1. The van der Waals surface area contributed by atoms with Gasteiger partial charge in [0.1, 0.15) is 29.0 Å². The lowest BCUT2D eigenvalue weighted by Gasteiger charge is -2.36. The van der Waals surface area contributed by atoms with E-state index in [4.69, 9.17) is 9.26 Å². The van der Waals surface area contributed by atoms with E-state index >= 15 is 0 Å². The lowest BCUT2D eigenvalue weighted by Crippen LogP contribution is -2.51. The molecule has 1 aliphatic carbocycles. The molecule has 7 nitrogen and oxygen atoms in total. The lowest BCUT2D eigenvalue weighted by atomic mass is 9.89. The highest BCUT2D eigenvalue weighted by Gasteiger charge is 2.57. The maximum absolute atomic E-state index is 14.8. The molecule has 5 rings (SSSR count). The summed E-state index contributed by atoms with van der Waals surface area (Å²) in [5.41, 5.74) is -1.46. The number of ether oxygens (including phenoxy) is 1. The topological polar surface area (TPSA) is 84.7 Å². The number of amides is 2. The average molecular weight is 499 g/mol. The molecular formula is C23H22F5N3O4. The monoisotopic (exact) mass is 499 g/mol. The molecule has 3 aliphatic rings. The molecule has 188 valence electrons. The summed E-state index contributed by atoms with van der Waals surface area (Å²) in [7, 11) is 0. The summed E-state index contributed by atoms with van der Waals surface area (Å²) in [6.07, 6.45) is -3.92. The summed E-state index contributed by atoms with van der Waals surface area (Å²) in [5.74, 6) is -3.91. The van der Waals surface area contributed by atoms with Crippen molar-refractivity contribution in [2.75, 3.05) is 13.2 Å². The Bertz CT molecular complexity index is 1170. The third kappa shape index (κ3) is 4.07. The van der Waals surface area contributed by atoms with Gasteiger partial charge in [0.25, 0.3) is 5.91 Å². The van der Waals surface area contributed by atoms with Gasteiger partial charge in [-0.1, -0.05) is 5.16 Å². The van der Waals surface area contributed by atoms with Crippen LogP contribution in [-0.2, 0) is 15.7 Å². The lowest BCUT2D eigenvalue weighted by molar-refractivity contribution is -0.140. The van der Waals surface area contributed by atoms with Crippen molar-refractivity contribution in [3.05, 3.63) is 51.9 Å². The van der Waals surface area contributed by atoms with Gasteiger partial charge in [-0.3, -0.25) is 9.59 Å². The maximum Gasteiger partial charge on any atom is 0.419 e. The Kier molecular flexibility index (Phi) is 5.61. The van der Waals surface area contributed by atoms with Crippen LogP contribution in [0.3, 0.4) is 0 Å². The number of aromatic nitrogens is 1. The molecule has 4 atom stereocenters. The highest BCUT2D eigenvalue weighted by atomic mass is 19.4. The second kappa shape index (κ2) is 8.28. The number of rotatable bonds is 5. The quantitative estimate of drug-likeness (QED) is 0.635. The largest absolute Gasteiger partial charge is 0.419 e. The average Bonchev–Trinajstić information content (AvgIpc) is 3.27. The van der Waals surface area contributed by atoms with Crippen molar-refractivity contribution in [1.29, 1.82) is 0 Å². The normalized spacial score (nSPS) is 24.7. The van der Waals surface area contributed by atoms with Gasteiger partial charge in [-0.25, -0.2) is 8.78 Å². The van der Waals surface area contributed by atoms with E-state index in [1.54, 1.807) is 13.8 Å². The fourth-order valence-corrected chi connectivity index (χ4v) is 5.06. The molecule has 1 aromatic carbocycles. The minimum atomic E-state index is -5.06. The fraction of sp³-hybridized carbons (Fsp3) is 0.522. The van der Waals surface area contributed by atoms with E-state index in [1.807, 2.05) is 0 Å². The summed E-state index contributed by atoms with van der Waals surface area (Å²) >= 11 is 0. The maximum atomic E-state index is 14.8. The molecule has 0 radical (unpaired) electrons. The van der Waals surface area contributed by atoms with Crippen LogP contribution in [0.5, 0.6) is 0 Å². The van der Waals surface area contributed by atoms with Crippen molar-refractivity contribution in [3.8, 4) is 0 Å². The molecule has 2 aromatic rings. The molecule has 35 heavy (non-hydrogen) atoms. The molecule has 0 unspecified atom stereocenters. The van der Waals surface area contributed by atoms with E-state index in [1.165, 1.54) is 4.90 Å². The van der Waals surface area contributed by atoms with Crippen LogP contribution in [0.25, 0.3) is 0 Å². The van der Waals surface area contributed by atoms with E-state index in [-0.39, 0.29) is 36.8 Å². The molecule has 1 aromatic heterocycles. The number of fused-ring (bicyclic) bond motifs is 1. The van der Waals surface area contributed by atoms with Gasteiger partial charge in [0, 0.05) is 17.5 Å². The second-order valence-electron chi connectivity index (χ2n) is 9.36. The molecule has 12 heteroatoms. The molecule has 1 N–H and O–H groups in total. The van der Waals surface area contributed by atoms with Crippen molar-refractivity contribution < 1.29 is 40.8 Å². The van der Waals surface area contributed by atoms with Crippen LogP contribution in [0.15, 0.2) is 16.7 Å². The Morgan fingerprint density at radius 1 is 1.14 bits per heavy atom. The number of benzene rings is 1. The number of carbonyl (C=O) groups excluding carboxylic acids is 2. The molecule has 3 heterocycles. The number of aryl methyl sites for hydroxylation is 2. The highest BCUT2D eigenvalue weighted by Crippen LogP contribution is 2.49. The SMILES string of the molecule is Cc1noc(C)c1C(=O)N1[C@@H](C(=O)N[C@@H](c2cc(F)c(C(F)(F)F)cc2F)C2COC2)C[C@H]2C[C@H]21. The van der Waals surface area contributed by atoms with Gasteiger partial charge in [0.15, 0.2) is 0 Å². The third-order valence-electron chi connectivity index (χ3n) is 7.05. The minimum Gasteiger partial charge on any atom is -0.381 e. The summed E-state index contributed by atoms with van der Waals surface area (Å²) in [4.78, 5) is 28.1. The fourth-order valence-electron chi connectivity index (χ4n) is 5.06. The van der Waals surface area contributed by atoms with Crippen molar-refractivity contribution >= 4 is 11.8 Å². The Balaban J connectivity index is 1.42. The van der Waals surface area contributed by atoms with Gasteiger partial charge in [-0.15, -0.1) is 0 Å². The first kappa shape index (κ1) is 23.7. The van der Waals surface area contributed by atoms with Gasteiger partial charge >= 0.3 is 6.18 Å². The molecule has 2 aliphatic heterocycles. The number of hydrogen-bond donors (Lipinski definition) is 1. The van der Waals surface area contributed by atoms with Crippen LogP contribution in [0.2, 0.25) is 0 Å². The Morgan fingerprint density at radius 2 is 1.86 bits per heavy atom. The van der Waals surface area contributed by atoms with E-state index in [0.29, 0.717) is 23.9 Å². The van der Waals surface area contributed by atoms with Gasteiger partial charge in [0.2, 0.25) is 5.91 Å². The predicted molar refractivity (Wildman–Crippen MR) is 109 cm³/mol. The van der Waals surface area contributed by atoms with Crippen LogP contribution < -0.4 is 5.32 Å². The van der Waals surface area contributed by atoms with Crippen molar-refractivity contribution in [2.45, 2.75) is 51.0 Å². The van der Waals surface area contributed by atoms with E-state index < -0.39 is 58.8 Å². The Morgan fingerprint density at radius 3 is 2.43 bits per heavy atom. The molecular weight excluding hydrogens is 477 g/mol. The van der Waals surface area contributed by atoms with Crippen LogP contribution in [0.4, 0.5) is 22.0 Å². The first-order valence-electron chi connectivity index (χ1n) is 11.2. The van der Waals surface area contributed by atoms with Crippen LogP contribution in [0, 0.1) is 37.3 Å². The van der Waals surface area contributed by atoms with Crippen molar-refractivity contribution in [2.24, 2.45) is 11.8 Å². The second-order valence-corrected chi connectivity index (χ2v) is 9.36. The number of nitrogens with one attached hydrogen (secondary N) is 1. The first-order valence-corrected chi connectivity index (χ1v) is 11.2. The summed E-state index contributed by atoms with van der Waals surface area (Å²) in [6.45, 7) is 3.44. The summed E-state index contributed by atoms with van der Waals surface area (Å²) in [6, 6.07) is -1.55. The van der Waals surface area contributed by atoms with E-state index in [9.17, 15) is 31.5 Å². The standard InChI is InChI=1S/C23H22F5N3O4/c1-9-19(10(2)35-30-9)22(33)31-17-3-11(17)4-18(31)21(32)29-20(12-7-34-8-12)13-5-16(25)14(6-15(13)24)23(26,27)28/h5-6,11-12,17-18,20H,3-4,7-8H2,1-2H3,(H,29,32)/t11-,17-,18-,20-/m1/s1.